The summed E-state index contributed by atoms with van der Waals surface area (Å²) in [6, 6.07) is 14.7. The van der Waals surface area contributed by atoms with Gasteiger partial charge < -0.3 is 10.2 Å². The van der Waals surface area contributed by atoms with E-state index >= 15 is 0 Å². The predicted molar refractivity (Wildman–Crippen MR) is 84.1 cm³/mol. The van der Waals surface area contributed by atoms with Crippen LogP contribution in [0.15, 0.2) is 57.4 Å². The summed E-state index contributed by atoms with van der Waals surface area (Å²) in [5.74, 6) is 0. The van der Waals surface area contributed by atoms with Gasteiger partial charge in [-0.05, 0) is 38.1 Å². The SMILES string of the molecule is CCO/N=C(\C)c1ccc2c(c1)Nc1ccccc1S2. The van der Waals surface area contributed by atoms with Crippen molar-refractivity contribution in [1.82, 2.24) is 0 Å². The van der Waals surface area contributed by atoms with Crippen LogP contribution in [0.5, 0.6) is 0 Å². The first-order valence-electron chi connectivity index (χ1n) is 6.63. The quantitative estimate of drug-likeness (QED) is 0.561. The molecule has 1 N–H and O–H groups in total. The number of benzene rings is 2. The van der Waals surface area contributed by atoms with E-state index < -0.39 is 0 Å². The second-order valence-corrected chi connectivity index (χ2v) is 5.61. The molecule has 1 heterocycles. The number of rotatable bonds is 3. The predicted octanol–water partition coefficient (Wildman–Crippen LogP) is 4.66. The standard InChI is InChI=1S/C16H16N2OS/c1-3-19-18-11(2)12-8-9-16-14(10-12)17-13-6-4-5-7-15(13)20-16/h4-10,17H,3H2,1-2H3/b18-11+. The van der Waals surface area contributed by atoms with E-state index in [0.717, 1.165) is 22.6 Å². The Kier molecular flexibility index (Phi) is 3.65. The zero-order chi connectivity index (χ0) is 13.9. The van der Waals surface area contributed by atoms with E-state index in [1.807, 2.05) is 19.9 Å². The lowest BCUT2D eigenvalue weighted by molar-refractivity contribution is 0.159. The molecular weight excluding hydrogens is 268 g/mol. The van der Waals surface area contributed by atoms with Gasteiger partial charge in [-0.1, -0.05) is 35.1 Å². The van der Waals surface area contributed by atoms with Crippen LogP contribution in [0.25, 0.3) is 0 Å². The third kappa shape index (κ3) is 2.51. The molecule has 0 saturated carbocycles. The van der Waals surface area contributed by atoms with Gasteiger partial charge in [-0.3, -0.25) is 0 Å². The Bertz CT molecular complexity index is 667. The maximum absolute atomic E-state index is 5.11. The lowest BCUT2D eigenvalue weighted by Gasteiger charge is -2.21. The Morgan fingerprint density at radius 1 is 1.15 bits per heavy atom. The van der Waals surface area contributed by atoms with Crippen LogP contribution >= 0.6 is 11.8 Å². The molecule has 0 unspecified atom stereocenters. The highest BCUT2D eigenvalue weighted by molar-refractivity contribution is 7.99. The second kappa shape index (κ2) is 5.59. The van der Waals surface area contributed by atoms with Crippen molar-refractivity contribution in [2.75, 3.05) is 11.9 Å². The molecule has 4 heteroatoms. The van der Waals surface area contributed by atoms with Crippen LogP contribution in [0.2, 0.25) is 0 Å². The van der Waals surface area contributed by atoms with Crippen molar-refractivity contribution in [3.63, 3.8) is 0 Å². The van der Waals surface area contributed by atoms with Crippen LogP contribution in [-0.2, 0) is 4.84 Å². The number of nitrogens with zero attached hydrogens (tertiary/aromatic N) is 1. The summed E-state index contributed by atoms with van der Waals surface area (Å²) < 4.78 is 0. The third-order valence-electron chi connectivity index (χ3n) is 3.10. The largest absolute Gasteiger partial charge is 0.396 e. The molecule has 0 atom stereocenters. The molecule has 2 aromatic carbocycles. The summed E-state index contributed by atoms with van der Waals surface area (Å²) in [5, 5.41) is 7.56. The van der Waals surface area contributed by atoms with E-state index in [-0.39, 0.29) is 0 Å². The van der Waals surface area contributed by atoms with E-state index in [0.29, 0.717) is 6.61 Å². The molecule has 2 aromatic rings. The molecule has 1 aliphatic rings. The maximum Gasteiger partial charge on any atom is 0.114 e. The Morgan fingerprint density at radius 2 is 1.95 bits per heavy atom. The zero-order valence-electron chi connectivity index (χ0n) is 11.5. The maximum atomic E-state index is 5.11. The number of anilines is 2. The highest BCUT2D eigenvalue weighted by Gasteiger charge is 2.15. The minimum atomic E-state index is 0.587. The molecule has 0 fully saturated rings. The number of hydrogen-bond acceptors (Lipinski definition) is 4. The molecule has 0 spiro atoms. The second-order valence-electron chi connectivity index (χ2n) is 4.53. The molecule has 1 aliphatic heterocycles. The average Bonchev–Trinajstić information content (AvgIpc) is 2.50. The van der Waals surface area contributed by atoms with Crippen molar-refractivity contribution in [3.8, 4) is 0 Å². The van der Waals surface area contributed by atoms with Crippen molar-refractivity contribution in [3.05, 3.63) is 48.0 Å². The van der Waals surface area contributed by atoms with Gasteiger partial charge in [0.05, 0.1) is 17.1 Å². The number of para-hydroxylation sites is 1. The van der Waals surface area contributed by atoms with Crippen molar-refractivity contribution < 1.29 is 4.84 Å². The van der Waals surface area contributed by atoms with E-state index in [9.17, 15) is 0 Å². The minimum Gasteiger partial charge on any atom is -0.396 e. The Morgan fingerprint density at radius 3 is 2.80 bits per heavy atom. The number of hydrogen-bond donors (Lipinski definition) is 1. The van der Waals surface area contributed by atoms with Crippen LogP contribution in [0, 0.1) is 0 Å². The zero-order valence-corrected chi connectivity index (χ0v) is 12.3. The fourth-order valence-corrected chi connectivity index (χ4v) is 3.05. The van der Waals surface area contributed by atoms with Crippen LogP contribution in [0.1, 0.15) is 19.4 Å². The Balaban J connectivity index is 1.92. The summed E-state index contributed by atoms with van der Waals surface area (Å²) in [7, 11) is 0. The number of oxime groups is 1. The van der Waals surface area contributed by atoms with Crippen LogP contribution in [0.4, 0.5) is 11.4 Å². The van der Waals surface area contributed by atoms with Gasteiger partial charge in [-0.2, -0.15) is 0 Å². The van der Waals surface area contributed by atoms with Gasteiger partial charge in [-0.25, -0.2) is 0 Å². The first-order chi connectivity index (χ1) is 9.78. The number of nitrogens with one attached hydrogen (secondary N) is 1. The van der Waals surface area contributed by atoms with E-state index in [1.165, 1.54) is 9.79 Å². The first-order valence-corrected chi connectivity index (χ1v) is 7.44. The molecule has 3 nitrogen and oxygen atoms in total. The molecule has 3 rings (SSSR count). The van der Waals surface area contributed by atoms with Crippen molar-refractivity contribution in [1.29, 1.82) is 0 Å². The van der Waals surface area contributed by atoms with Crippen molar-refractivity contribution in [2.24, 2.45) is 5.16 Å². The summed E-state index contributed by atoms with van der Waals surface area (Å²) >= 11 is 1.79. The van der Waals surface area contributed by atoms with Crippen LogP contribution in [-0.4, -0.2) is 12.3 Å². The normalized spacial score (nSPS) is 13.2. The molecule has 0 aliphatic carbocycles. The topological polar surface area (TPSA) is 33.6 Å². The first kappa shape index (κ1) is 13.1. The van der Waals surface area contributed by atoms with Gasteiger partial charge in [0.25, 0.3) is 0 Å². The van der Waals surface area contributed by atoms with Crippen molar-refractivity contribution >= 4 is 28.8 Å². The summed E-state index contributed by atoms with van der Waals surface area (Å²) in [5.41, 5.74) is 4.24. The monoisotopic (exact) mass is 284 g/mol. The average molecular weight is 284 g/mol. The molecule has 0 aromatic heterocycles. The van der Waals surface area contributed by atoms with Gasteiger partial charge in [0, 0.05) is 15.4 Å². The van der Waals surface area contributed by atoms with Crippen LogP contribution < -0.4 is 5.32 Å². The van der Waals surface area contributed by atoms with Gasteiger partial charge in [0.15, 0.2) is 0 Å². The van der Waals surface area contributed by atoms with Gasteiger partial charge in [0.2, 0.25) is 0 Å². The van der Waals surface area contributed by atoms with Crippen molar-refractivity contribution in [2.45, 2.75) is 23.6 Å². The Labute approximate surface area is 123 Å². The van der Waals surface area contributed by atoms with E-state index in [2.05, 4.69) is 46.9 Å². The molecule has 0 radical (unpaired) electrons. The van der Waals surface area contributed by atoms with Gasteiger partial charge >= 0.3 is 0 Å². The number of fused-ring (bicyclic) bond motifs is 2. The summed E-state index contributed by atoms with van der Waals surface area (Å²) in [6.45, 7) is 4.48. The molecule has 0 saturated heterocycles. The van der Waals surface area contributed by atoms with E-state index in [1.54, 1.807) is 11.8 Å². The molecule has 102 valence electrons. The summed E-state index contributed by atoms with van der Waals surface area (Å²) in [6.07, 6.45) is 0. The molecule has 0 bridgehead atoms. The lowest BCUT2D eigenvalue weighted by atomic mass is 10.1. The summed E-state index contributed by atoms with van der Waals surface area (Å²) in [4.78, 5) is 7.60. The van der Waals surface area contributed by atoms with Crippen LogP contribution in [0.3, 0.4) is 0 Å². The fourth-order valence-electron chi connectivity index (χ4n) is 2.08. The molecular formula is C16H16N2OS. The lowest BCUT2D eigenvalue weighted by Crippen LogP contribution is -2.03. The Hall–Kier alpha value is -1.94. The van der Waals surface area contributed by atoms with E-state index in [4.69, 9.17) is 4.84 Å². The third-order valence-corrected chi connectivity index (χ3v) is 4.26. The highest BCUT2D eigenvalue weighted by Crippen LogP contribution is 2.44. The molecule has 20 heavy (non-hydrogen) atoms. The minimum absolute atomic E-state index is 0.587. The van der Waals surface area contributed by atoms with Gasteiger partial charge in [-0.15, -0.1) is 0 Å². The fraction of sp³-hybridized carbons (Fsp3) is 0.188. The molecule has 0 amide bonds. The smallest absolute Gasteiger partial charge is 0.114 e. The van der Waals surface area contributed by atoms with Gasteiger partial charge in [0.1, 0.15) is 6.61 Å². The highest BCUT2D eigenvalue weighted by atomic mass is 32.2.